The lowest BCUT2D eigenvalue weighted by Crippen LogP contribution is -2.38. The minimum atomic E-state index is 0.516. The average molecular weight is 387 g/mol. The van der Waals surface area contributed by atoms with Crippen molar-refractivity contribution in [2.75, 3.05) is 41.5 Å². The fourth-order valence-electron chi connectivity index (χ4n) is 2.60. The molecule has 28 heavy (non-hydrogen) atoms. The van der Waals surface area contributed by atoms with Crippen LogP contribution in [0.1, 0.15) is 11.1 Å². The summed E-state index contributed by atoms with van der Waals surface area (Å²) in [5.74, 6) is 3.51. The van der Waals surface area contributed by atoms with E-state index >= 15 is 0 Å². The molecule has 0 fully saturated rings. The molecule has 7 heteroatoms. The van der Waals surface area contributed by atoms with E-state index in [0.717, 1.165) is 11.3 Å². The topological polar surface area (TPSA) is 73.3 Å². The van der Waals surface area contributed by atoms with Gasteiger partial charge < -0.3 is 29.6 Å². The third kappa shape index (κ3) is 5.97. The van der Waals surface area contributed by atoms with E-state index in [4.69, 9.17) is 18.9 Å². The molecule has 0 amide bonds. The third-order valence-electron chi connectivity index (χ3n) is 4.14. The molecule has 0 bridgehead atoms. The van der Waals surface area contributed by atoms with E-state index in [2.05, 4.69) is 15.6 Å². The van der Waals surface area contributed by atoms with Crippen molar-refractivity contribution >= 4 is 5.96 Å². The van der Waals surface area contributed by atoms with E-state index in [1.54, 1.807) is 34.4 Å². The lowest BCUT2D eigenvalue weighted by Gasteiger charge is -2.16. The summed E-state index contributed by atoms with van der Waals surface area (Å²) in [6.07, 6.45) is 0. The Morgan fingerprint density at radius 2 is 1.54 bits per heavy atom. The molecule has 2 aromatic rings. The number of hydrogen-bond donors (Lipinski definition) is 2. The van der Waals surface area contributed by atoms with E-state index in [1.807, 2.05) is 37.3 Å². The second kappa shape index (κ2) is 10.9. The number of rotatable bonds is 9. The molecule has 0 radical (unpaired) electrons. The highest BCUT2D eigenvalue weighted by Gasteiger charge is 2.12. The molecule has 0 saturated carbocycles. The van der Waals surface area contributed by atoms with Crippen molar-refractivity contribution in [3.05, 3.63) is 47.5 Å². The zero-order chi connectivity index (χ0) is 20.4. The molecule has 7 nitrogen and oxygen atoms in total. The van der Waals surface area contributed by atoms with Crippen LogP contribution in [0.15, 0.2) is 41.4 Å². The Bertz CT molecular complexity index is 776. The highest BCUT2D eigenvalue weighted by molar-refractivity contribution is 5.79. The second-order valence-electron chi connectivity index (χ2n) is 6.03. The monoisotopic (exact) mass is 387 g/mol. The molecule has 0 unspecified atom stereocenters. The predicted molar refractivity (Wildman–Crippen MR) is 111 cm³/mol. The molecular weight excluding hydrogens is 358 g/mol. The Morgan fingerprint density at radius 1 is 0.893 bits per heavy atom. The van der Waals surface area contributed by atoms with Crippen LogP contribution in [0, 0.1) is 6.92 Å². The normalized spacial score (nSPS) is 11.0. The first-order valence-corrected chi connectivity index (χ1v) is 9.04. The van der Waals surface area contributed by atoms with Gasteiger partial charge in [0.2, 0.25) is 0 Å². The molecule has 152 valence electrons. The van der Waals surface area contributed by atoms with Gasteiger partial charge in [0.1, 0.15) is 18.1 Å². The van der Waals surface area contributed by atoms with Crippen LogP contribution in [-0.2, 0) is 6.54 Å². The fourth-order valence-corrected chi connectivity index (χ4v) is 2.60. The zero-order valence-electron chi connectivity index (χ0n) is 17.2. The van der Waals surface area contributed by atoms with E-state index in [9.17, 15) is 0 Å². The van der Waals surface area contributed by atoms with Crippen LogP contribution >= 0.6 is 0 Å². The molecule has 0 spiro atoms. The van der Waals surface area contributed by atoms with Crippen LogP contribution in [-0.4, -0.2) is 47.5 Å². The van der Waals surface area contributed by atoms with Gasteiger partial charge in [-0.05, 0) is 25.1 Å². The van der Waals surface area contributed by atoms with E-state index in [1.165, 1.54) is 5.56 Å². The largest absolute Gasteiger partial charge is 0.496 e. The maximum Gasteiger partial charge on any atom is 0.191 e. The number of guanidine groups is 1. The number of nitrogens with zero attached hydrogens (tertiary/aromatic N) is 1. The van der Waals surface area contributed by atoms with Gasteiger partial charge in [-0.3, -0.25) is 4.99 Å². The van der Waals surface area contributed by atoms with Crippen molar-refractivity contribution < 1.29 is 18.9 Å². The Hall–Kier alpha value is -3.09. The number of aliphatic imine (C=N–C) groups is 1. The van der Waals surface area contributed by atoms with Gasteiger partial charge in [0.05, 0.1) is 27.9 Å². The lowest BCUT2D eigenvalue weighted by atomic mass is 10.1. The first-order valence-electron chi connectivity index (χ1n) is 9.04. The summed E-state index contributed by atoms with van der Waals surface area (Å²) < 4.78 is 21.8. The number of methoxy groups -OCH3 is 3. The van der Waals surface area contributed by atoms with Crippen molar-refractivity contribution in [2.24, 2.45) is 4.99 Å². The SMILES string of the molecule is CN=C(NCCOc1ccc(C)cc1)NCc1cc(OC)c(OC)cc1OC. The van der Waals surface area contributed by atoms with Gasteiger partial charge in [-0.2, -0.15) is 0 Å². The van der Waals surface area contributed by atoms with Crippen LogP contribution < -0.4 is 29.6 Å². The van der Waals surface area contributed by atoms with Crippen molar-refractivity contribution in [2.45, 2.75) is 13.5 Å². The summed E-state index contributed by atoms with van der Waals surface area (Å²) in [6.45, 7) is 3.72. The van der Waals surface area contributed by atoms with Gasteiger partial charge >= 0.3 is 0 Å². The summed E-state index contributed by atoms with van der Waals surface area (Å²) in [5.41, 5.74) is 2.14. The smallest absolute Gasteiger partial charge is 0.191 e. The quantitative estimate of drug-likeness (QED) is 0.392. The molecule has 0 aliphatic rings. The van der Waals surface area contributed by atoms with Crippen LogP contribution in [0.3, 0.4) is 0 Å². The predicted octanol–water partition coefficient (Wildman–Crippen LogP) is 2.76. The Labute approximate surface area is 166 Å². The van der Waals surface area contributed by atoms with E-state index in [0.29, 0.717) is 42.9 Å². The summed E-state index contributed by atoms with van der Waals surface area (Å²) in [5, 5.41) is 6.49. The van der Waals surface area contributed by atoms with Crippen LogP contribution in [0.2, 0.25) is 0 Å². The molecule has 2 aromatic carbocycles. The van der Waals surface area contributed by atoms with Crippen molar-refractivity contribution in [1.29, 1.82) is 0 Å². The maximum absolute atomic E-state index is 5.72. The lowest BCUT2D eigenvalue weighted by molar-refractivity contribution is 0.322. The highest BCUT2D eigenvalue weighted by Crippen LogP contribution is 2.34. The summed E-state index contributed by atoms with van der Waals surface area (Å²) in [6, 6.07) is 11.7. The van der Waals surface area contributed by atoms with Gasteiger partial charge in [-0.15, -0.1) is 0 Å². The first-order chi connectivity index (χ1) is 13.6. The summed E-state index contributed by atoms with van der Waals surface area (Å²) >= 11 is 0. The number of aryl methyl sites for hydroxylation is 1. The zero-order valence-corrected chi connectivity index (χ0v) is 17.2. The molecule has 0 heterocycles. The highest BCUT2D eigenvalue weighted by atomic mass is 16.5. The number of nitrogens with one attached hydrogen (secondary N) is 2. The minimum absolute atomic E-state index is 0.516. The Kier molecular flexibility index (Phi) is 8.27. The average Bonchev–Trinajstić information content (AvgIpc) is 2.73. The molecule has 2 rings (SSSR count). The minimum Gasteiger partial charge on any atom is -0.496 e. The molecule has 0 aliphatic carbocycles. The van der Waals surface area contributed by atoms with Gasteiger partial charge in [0.15, 0.2) is 17.5 Å². The van der Waals surface area contributed by atoms with Gasteiger partial charge in [-0.25, -0.2) is 0 Å². The van der Waals surface area contributed by atoms with Crippen molar-refractivity contribution in [3.8, 4) is 23.0 Å². The van der Waals surface area contributed by atoms with Crippen LogP contribution in [0.4, 0.5) is 0 Å². The molecule has 0 saturated heterocycles. The van der Waals surface area contributed by atoms with Gasteiger partial charge in [0.25, 0.3) is 0 Å². The van der Waals surface area contributed by atoms with Gasteiger partial charge in [-0.1, -0.05) is 17.7 Å². The number of benzene rings is 2. The molecule has 0 aromatic heterocycles. The van der Waals surface area contributed by atoms with Crippen LogP contribution in [0.5, 0.6) is 23.0 Å². The van der Waals surface area contributed by atoms with Crippen molar-refractivity contribution in [1.82, 2.24) is 10.6 Å². The number of hydrogen-bond acceptors (Lipinski definition) is 5. The van der Waals surface area contributed by atoms with Crippen molar-refractivity contribution in [3.63, 3.8) is 0 Å². The molecule has 0 aliphatic heterocycles. The fraction of sp³-hybridized carbons (Fsp3) is 0.381. The Balaban J connectivity index is 1.87. The standard InChI is InChI=1S/C21H29N3O4/c1-15-6-8-17(9-7-15)28-11-10-23-21(22-2)24-14-16-12-19(26-4)20(27-5)13-18(16)25-3/h6-9,12-13H,10-11,14H2,1-5H3,(H2,22,23,24). The third-order valence-corrected chi connectivity index (χ3v) is 4.14. The van der Waals surface area contributed by atoms with Gasteiger partial charge in [0, 0.05) is 25.2 Å². The molecule has 0 atom stereocenters. The molecule has 2 N–H and O–H groups in total. The first kappa shape index (κ1) is 21.2. The summed E-state index contributed by atoms with van der Waals surface area (Å²) in [4.78, 5) is 4.23. The van der Waals surface area contributed by atoms with E-state index < -0.39 is 0 Å². The van der Waals surface area contributed by atoms with E-state index in [-0.39, 0.29) is 0 Å². The molecular formula is C21H29N3O4. The number of ether oxygens (including phenoxy) is 4. The second-order valence-corrected chi connectivity index (χ2v) is 6.03. The summed E-state index contributed by atoms with van der Waals surface area (Å²) in [7, 11) is 6.55. The maximum atomic E-state index is 5.72. The Morgan fingerprint density at radius 3 is 2.14 bits per heavy atom. The van der Waals surface area contributed by atoms with Crippen LogP contribution in [0.25, 0.3) is 0 Å².